The highest BCUT2D eigenvalue weighted by Gasteiger charge is 2.27. The third kappa shape index (κ3) is 3.54. The van der Waals surface area contributed by atoms with Crippen molar-refractivity contribution in [3.05, 3.63) is 41.6 Å². The fraction of sp³-hybridized carbons (Fsp3) is 0.500. The number of rotatable bonds is 3. The zero-order chi connectivity index (χ0) is 18.9. The van der Waals surface area contributed by atoms with Gasteiger partial charge in [0.05, 0.1) is 7.11 Å². The highest BCUT2D eigenvalue weighted by molar-refractivity contribution is 5.92. The van der Waals surface area contributed by atoms with Gasteiger partial charge in [0.1, 0.15) is 0 Å². The molecule has 0 aliphatic carbocycles. The van der Waals surface area contributed by atoms with Crippen molar-refractivity contribution >= 4 is 11.6 Å². The molecule has 0 atom stereocenters. The molecule has 1 aliphatic rings. The van der Waals surface area contributed by atoms with Crippen molar-refractivity contribution in [3.63, 3.8) is 0 Å². The zero-order valence-electron chi connectivity index (χ0n) is 16.3. The maximum atomic E-state index is 12.7. The van der Waals surface area contributed by atoms with Crippen LogP contribution < -0.4 is 9.64 Å². The van der Waals surface area contributed by atoms with E-state index in [9.17, 15) is 4.79 Å². The second-order valence-electron chi connectivity index (χ2n) is 7.74. The summed E-state index contributed by atoms with van der Waals surface area (Å²) in [5.41, 5.74) is 3.14. The summed E-state index contributed by atoms with van der Waals surface area (Å²) in [5, 5.41) is 4.27. The van der Waals surface area contributed by atoms with Crippen molar-refractivity contribution < 1.29 is 9.53 Å². The predicted octanol–water partition coefficient (Wildman–Crippen LogP) is 2.69. The molecule has 1 saturated heterocycles. The summed E-state index contributed by atoms with van der Waals surface area (Å²) in [6.07, 6.45) is 0. The van der Waals surface area contributed by atoms with Crippen LogP contribution in [0.2, 0.25) is 0 Å². The van der Waals surface area contributed by atoms with Gasteiger partial charge in [-0.1, -0.05) is 39.0 Å². The molecule has 0 spiro atoms. The van der Waals surface area contributed by atoms with Gasteiger partial charge in [-0.2, -0.15) is 5.10 Å². The van der Waals surface area contributed by atoms with E-state index in [0.717, 1.165) is 13.1 Å². The van der Waals surface area contributed by atoms with Crippen LogP contribution in [0.25, 0.3) is 0 Å². The van der Waals surface area contributed by atoms with Gasteiger partial charge in [0, 0.05) is 45.0 Å². The summed E-state index contributed by atoms with van der Waals surface area (Å²) < 4.78 is 6.79. The molecule has 0 unspecified atom stereocenters. The lowest BCUT2D eigenvalue weighted by Gasteiger charge is -2.38. The number of nitrogens with zero attached hydrogens (tertiary/aromatic N) is 4. The third-order valence-corrected chi connectivity index (χ3v) is 4.88. The van der Waals surface area contributed by atoms with Gasteiger partial charge in [0.15, 0.2) is 5.69 Å². The Morgan fingerprint density at radius 1 is 1.12 bits per heavy atom. The van der Waals surface area contributed by atoms with Crippen molar-refractivity contribution in [1.82, 2.24) is 14.7 Å². The standard InChI is InChI=1S/C20H28N4O2/c1-20(2,3)15-8-6-7-9-17(15)23-10-12-24(13-11-23)19(25)16-14-18(26-5)22(4)21-16/h6-9,14H,10-13H2,1-5H3. The first kappa shape index (κ1) is 18.3. The predicted molar refractivity (Wildman–Crippen MR) is 103 cm³/mol. The van der Waals surface area contributed by atoms with Gasteiger partial charge < -0.3 is 14.5 Å². The van der Waals surface area contributed by atoms with E-state index in [1.54, 1.807) is 24.9 Å². The average Bonchev–Trinajstić information content (AvgIpc) is 3.01. The van der Waals surface area contributed by atoms with E-state index in [1.165, 1.54) is 11.3 Å². The molecule has 0 N–H and O–H groups in total. The Morgan fingerprint density at radius 3 is 2.35 bits per heavy atom. The Balaban J connectivity index is 1.71. The molecule has 0 saturated carbocycles. The normalized spacial score (nSPS) is 15.3. The van der Waals surface area contributed by atoms with Gasteiger partial charge >= 0.3 is 0 Å². The quantitative estimate of drug-likeness (QED) is 0.848. The average molecular weight is 356 g/mol. The van der Waals surface area contributed by atoms with Crippen LogP contribution in [0.3, 0.4) is 0 Å². The van der Waals surface area contributed by atoms with Crippen LogP contribution in [0.1, 0.15) is 36.8 Å². The maximum Gasteiger partial charge on any atom is 0.274 e. The molecule has 6 nitrogen and oxygen atoms in total. The first-order valence-electron chi connectivity index (χ1n) is 9.03. The van der Waals surface area contributed by atoms with Crippen LogP contribution >= 0.6 is 0 Å². The van der Waals surface area contributed by atoms with Gasteiger partial charge in [-0.3, -0.25) is 4.79 Å². The summed E-state index contributed by atoms with van der Waals surface area (Å²) in [6, 6.07) is 10.3. The summed E-state index contributed by atoms with van der Waals surface area (Å²) in [7, 11) is 3.35. The summed E-state index contributed by atoms with van der Waals surface area (Å²) in [6.45, 7) is 9.73. The number of piperazine rings is 1. The molecule has 2 aromatic rings. The van der Waals surface area contributed by atoms with E-state index in [4.69, 9.17) is 4.74 Å². The first-order valence-corrected chi connectivity index (χ1v) is 9.03. The molecule has 1 aromatic heterocycles. The molecule has 1 aliphatic heterocycles. The molecular weight excluding hydrogens is 328 g/mol. The molecule has 1 fully saturated rings. The lowest BCUT2D eigenvalue weighted by atomic mass is 9.85. The number of hydrogen-bond acceptors (Lipinski definition) is 4. The van der Waals surface area contributed by atoms with Gasteiger partial charge in [0.25, 0.3) is 5.91 Å². The molecule has 1 aromatic carbocycles. The minimum atomic E-state index is -0.0346. The van der Waals surface area contributed by atoms with Crippen molar-refractivity contribution in [2.45, 2.75) is 26.2 Å². The van der Waals surface area contributed by atoms with Crippen molar-refractivity contribution in [2.75, 3.05) is 38.2 Å². The van der Waals surface area contributed by atoms with Crippen molar-refractivity contribution in [2.24, 2.45) is 7.05 Å². The van der Waals surface area contributed by atoms with Crippen molar-refractivity contribution in [1.29, 1.82) is 0 Å². The van der Waals surface area contributed by atoms with E-state index >= 15 is 0 Å². The molecule has 3 rings (SSSR count). The number of amides is 1. The number of hydrogen-bond donors (Lipinski definition) is 0. The topological polar surface area (TPSA) is 50.6 Å². The van der Waals surface area contributed by atoms with Crippen LogP contribution in [0.5, 0.6) is 5.88 Å². The van der Waals surface area contributed by atoms with Crippen molar-refractivity contribution in [3.8, 4) is 5.88 Å². The van der Waals surface area contributed by atoms with Gasteiger partial charge in [-0.15, -0.1) is 0 Å². The Labute approximate surface area is 155 Å². The number of ether oxygens (including phenoxy) is 1. The van der Waals surface area contributed by atoms with Crippen LogP contribution in [0, 0.1) is 0 Å². The summed E-state index contributed by atoms with van der Waals surface area (Å²) in [4.78, 5) is 17.0. The number of anilines is 1. The van der Waals surface area contributed by atoms with Crippen LogP contribution in [0.15, 0.2) is 30.3 Å². The monoisotopic (exact) mass is 356 g/mol. The minimum absolute atomic E-state index is 0.0346. The molecular formula is C20H28N4O2. The molecule has 2 heterocycles. The highest BCUT2D eigenvalue weighted by Crippen LogP contribution is 2.32. The second-order valence-corrected chi connectivity index (χ2v) is 7.74. The Hall–Kier alpha value is -2.50. The number of methoxy groups -OCH3 is 1. The summed E-state index contributed by atoms with van der Waals surface area (Å²) >= 11 is 0. The molecule has 140 valence electrons. The fourth-order valence-corrected chi connectivity index (χ4v) is 3.44. The van der Waals surface area contributed by atoms with Crippen LogP contribution in [-0.2, 0) is 12.5 Å². The molecule has 6 heteroatoms. The third-order valence-electron chi connectivity index (χ3n) is 4.88. The number of benzene rings is 1. The number of para-hydroxylation sites is 1. The SMILES string of the molecule is COc1cc(C(=O)N2CCN(c3ccccc3C(C)(C)C)CC2)nn1C. The van der Waals surface area contributed by atoms with E-state index in [1.807, 2.05) is 4.90 Å². The molecule has 26 heavy (non-hydrogen) atoms. The van der Waals surface area contributed by atoms with E-state index in [-0.39, 0.29) is 11.3 Å². The number of carbonyl (C=O) groups excluding carboxylic acids is 1. The first-order chi connectivity index (χ1) is 12.3. The number of aromatic nitrogens is 2. The fourth-order valence-electron chi connectivity index (χ4n) is 3.44. The van der Waals surface area contributed by atoms with Gasteiger partial charge in [0.2, 0.25) is 5.88 Å². The molecule has 0 radical (unpaired) electrons. The van der Waals surface area contributed by atoms with E-state index < -0.39 is 0 Å². The maximum absolute atomic E-state index is 12.7. The van der Waals surface area contributed by atoms with Crippen LogP contribution in [0.4, 0.5) is 5.69 Å². The second kappa shape index (κ2) is 7.02. The Morgan fingerprint density at radius 2 is 1.77 bits per heavy atom. The Kier molecular flexibility index (Phi) is 4.94. The molecule has 1 amide bonds. The zero-order valence-corrected chi connectivity index (χ0v) is 16.3. The van der Waals surface area contributed by atoms with Gasteiger partial charge in [-0.05, 0) is 17.0 Å². The smallest absolute Gasteiger partial charge is 0.274 e. The van der Waals surface area contributed by atoms with E-state index in [0.29, 0.717) is 24.7 Å². The van der Waals surface area contributed by atoms with Crippen LogP contribution in [-0.4, -0.2) is 53.9 Å². The minimum Gasteiger partial charge on any atom is -0.481 e. The van der Waals surface area contributed by atoms with Gasteiger partial charge in [-0.25, -0.2) is 4.68 Å². The summed E-state index contributed by atoms with van der Waals surface area (Å²) in [5.74, 6) is 0.554. The number of carbonyl (C=O) groups is 1. The van der Waals surface area contributed by atoms with E-state index in [2.05, 4.69) is 55.0 Å². The lowest BCUT2D eigenvalue weighted by molar-refractivity contribution is 0.0740. The molecule has 0 bridgehead atoms. The highest BCUT2D eigenvalue weighted by atomic mass is 16.5. The Bertz CT molecular complexity index is 783. The number of aryl methyl sites for hydroxylation is 1. The largest absolute Gasteiger partial charge is 0.481 e. The lowest BCUT2D eigenvalue weighted by Crippen LogP contribution is -2.49.